The summed E-state index contributed by atoms with van der Waals surface area (Å²) in [5.41, 5.74) is 5.75. The SMILES string of the molecule is CN1C[C@]2(COc3cc4c(cc32)OCO4)c2c(-c3ccoc3)cccc21. The molecule has 2 aromatic carbocycles. The molecule has 130 valence electrons. The summed E-state index contributed by atoms with van der Waals surface area (Å²) >= 11 is 0. The second-order valence-electron chi connectivity index (χ2n) is 7.14. The van der Waals surface area contributed by atoms with Crippen LogP contribution < -0.4 is 19.1 Å². The zero-order valence-corrected chi connectivity index (χ0v) is 14.3. The predicted octanol–water partition coefficient (Wildman–Crippen LogP) is 3.80. The highest BCUT2D eigenvalue weighted by Crippen LogP contribution is 2.56. The van der Waals surface area contributed by atoms with E-state index in [9.17, 15) is 0 Å². The molecule has 0 N–H and O–H groups in total. The van der Waals surface area contributed by atoms with E-state index in [1.807, 2.05) is 12.1 Å². The van der Waals surface area contributed by atoms with Crippen LogP contribution in [0.1, 0.15) is 11.1 Å². The lowest BCUT2D eigenvalue weighted by atomic mass is 9.75. The summed E-state index contributed by atoms with van der Waals surface area (Å²) < 4.78 is 22.7. The molecule has 0 fully saturated rings. The first kappa shape index (κ1) is 14.1. The maximum absolute atomic E-state index is 6.15. The summed E-state index contributed by atoms with van der Waals surface area (Å²) in [7, 11) is 2.14. The summed E-state index contributed by atoms with van der Waals surface area (Å²) in [5.74, 6) is 2.44. The smallest absolute Gasteiger partial charge is 0.231 e. The Bertz CT molecular complexity index is 1030. The maximum Gasteiger partial charge on any atom is 0.231 e. The number of furan rings is 1. The van der Waals surface area contributed by atoms with Crippen LogP contribution in [0.5, 0.6) is 17.2 Å². The lowest BCUT2D eigenvalue weighted by Gasteiger charge is -2.25. The fraction of sp³-hybridized carbons (Fsp3) is 0.238. The van der Waals surface area contributed by atoms with E-state index >= 15 is 0 Å². The highest BCUT2D eigenvalue weighted by Gasteiger charge is 2.51. The second kappa shape index (κ2) is 4.75. The molecule has 3 aliphatic rings. The van der Waals surface area contributed by atoms with Crippen LogP contribution in [0.15, 0.2) is 53.3 Å². The molecule has 0 bridgehead atoms. The Labute approximate surface area is 150 Å². The van der Waals surface area contributed by atoms with Crippen LogP contribution in [0.3, 0.4) is 0 Å². The minimum atomic E-state index is -0.228. The molecule has 0 saturated carbocycles. The van der Waals surface area contributed by atoms with Crippen LogP contribution in [0.25, 0.3) is 11.1 Å². The molecule has 3 aliphatic heterocycles. The fourth-order valence-electron chi connectivity index (χ4n) is 4.62. The summed E-state index contributed by atoms with van der Waals surface area (Å²) in [6, 6.07) is 12.5. The van der Waals surface area contributed by atoms with Gasteiger partial charge in [-0.2, -0.15) is 0 Å². The molecule has 0 radical (unpaired) electrons. The summed E-state index contributed by atoms with van der Waals surface area (Å²) in [6.07, 6.45) is 3.52. The first-order valence-corrected chi connectivity index (χ1v) is 8.70. The number of nitrogens with zero attached hydrogens (tertiary/aromatic N) is 1. The molecular formula is C21H17NO4. The third-order valence-electron chi connectivity index (χ3n) is 5.74. The average Bonchev–Trinajstić information content (AvgIpc) is 3.43. The maximum atomic E-state index is 6.15. The van der Waals surface area contributed by atoms with Gasteiger partial charge in [-0.3, -0.25) is 0 Å². The molecule has 5 nitrogen and oxygen atoms in total. The zero-order valence-electron chi connectivity index (χ0n) is 14.3. The van der Waals surface area contributed by atoms with Crippen molar-refractivity contribution in [1.82, 2.24) is 0 Å². The van der Waals surface area contributed by atoms with Crippen molar-refractivity contribution in [2.24, 2.45) is 0 Å². The van der Waals surface area contributed by atoms with E-state index in [0.29, 0.717) is 6.61 Å². The van der Waals surface area contributed by atoms with E-state index < -0.39 is 0 Å². The number of hydrogen-bond donors (Lipinski definition) is 0. The predicted molar refractivity (Wildman–Crippen MR) is 96.3 cm³/mol. The molecule has 1 spiro atoms. The largest absolute Gasteiger partial charge is 0.492 e. The number of ether oxygens (including phenoxy) is 3. The van der Waals surface area contributed by atoms with Crippen molar-refractivity contribution >= 4 is 5.69 Å². The van der Waals surface area contributed by atoms with Crippen molar-refractivity contribution in [3.63, 3.8) is 0 Å². The number of anilines is 1. The fourth-order valence-corrected chi connectivity index (χ4v) is 4.62. The van der Waals surface area contributed by atoms with Crippen molar-refractivity contribution in [2.75, 3.05) is 31.9 Å². The highest BCUT2D eigenvalue weighted by molar-refractivity contribution is 5.82. The molecule has 0 aliphatic carbocycles. The molecule has 0 unspecified atom stereocenters. The quantitative estimate of drug-likeness (QED) is 0.670. The third-order valence-corrected chi connectivity index (χ3v) is 5.74. The molecule has 1 atom stereocenters. The van der Waals surface area contributed by atoms with Crippen molar-refractivity contribution < 1.29 is 18.6 Å². The van der Waals surface area contributed by atoms with Gasteiger partial charge >= 0.3 is 0 Å². The molecule has 26 heavy (non-hydrogen) atoms. The third kappa shape index (κ3) is 1.65. The summed E-state index contributed by atoms with van der Waals surface area (Å²) in [5, 5.41) is 0. The summed E-state index contributed by atoms with van der Waals surface area (Å²) in [6.45, 7) is 1.74. The average molecular weight is 347 g/mol. The lowest BCUT2D eigenvalue weighted by molar-refractivity contribution is 0.173. The second-order valence-corrected chi connectivity index (χ2v) is 7.14. The highest BCUT2D eigenvalue weighted by atomic mass is 16.7. The van der Waals surface area contributed by atoms with Gasteiger partial charge in [0, 0.05) is 36.5 Å². The van der Waals surface area contributed by atoms with E-state index in [0.717, 1.165) is 29.4 Å². The molecule has 3 aromatic rings. The van der Waals surface area contributed by atoms with Gasteiger partial charge < -0.3 is 23.5 Å². The minimum Gasteiger partial charge on any atom is -0.492 e. The minimum absolute atomic E-state index is 0.228. The van der Waals surface area contributed by atoms with Crippen LogP contribution in [0.2, 0.25) is 0 Å². The van der Waals surface area contributed by atoms with Gasteiger partial charge in [0.15, 0.2) is 11.5 Å². The Morgan fingerprint density at radius 2 is 1.88 bits per heavy atom. The van der Waals surface area contributed by atoms with Gasteiger partial charge in [-0.1, -0.05) is 12.1 Å². The number of rotatable bonds is 1. The number of likely N-dealkylation sites (N-methyl/N-ethyl adjacent to an activating group) is 1. The number of hydrogen-bond acceptors (Lipinski definition) is 5. The van der Waals surface area contributed by atoms with Crippen molar-refractivity contribution in [3.8, 4) is 28.4 Å². The van der Waals surface area contributed by atoms with Gasteiger partial charge in [-0.05, 0) is 29.3 Å². The van der Waals surface area contributed by atoms with Crippen LogP contribution in [0.4, 0.5) is 5.69 Å². The lowest BCUT2D eigenvalue weighted by Crippen LogP contribution is -2.34. The monoisotopic (exact) mass is 347 g/mol. The Kier molecular flexibility index (Phi) is 2.58. The van der Waals surface area contributed by atoms with E-state index in [4.69, 9.17) is 18.6 Å². The number of benzene rings is 2. The summed E-state index contributed by atoms with van der Waals surface area (Å²) in [4.78, 5) is 2.31. The van der Waals surface area contributed by atoms with Crippen LogP contribution >= 0.6 is 0 Å². The first-order valence-electron chi connectivity index (χ1n) is 8.70. The Hall–Kier alpha value is -3.08. The van der Waals surface area contributed by atoms with Crippen LogP contribution in [0, 0.1) is 0 Å². The zero-order chi connectivity index (χ0) is 17.3. The molecule has 0 saturated heterocycles. The first-order chi connectivity index (χ1) is 12.8. The van der Waals surface area contributed by atoms with Gasteiger partial charge in [-0.25, -0.2) is 0 Å². The van der Waals surface area contributed by atoms with E-state index in [-0.39, 0.29) is 12.2 Å². The molecule has 4 heterocycles. The van der Waals surface area contributed by atoms with Gasteiger partial charge in [0.25, 0.3) is 0 Å². The number of fused-ring (bicyclic) bond motifs is 5. The normalized spacial score (nSPS) is 21.8. The van der Waals surface area contributed by atoms with Crippen molar-refractivity contribution in [2.45, 2.75) is 5.41 Å². The topological polar surface area (TPSA) is 44.1 Å². The molecule has 1 aromatic heterocycles. The van der Waals surface area contributed by atoms with Crippen LogP contribution in [-0.4, -0.2) is 27.0 Å². The van der Waals surface area contributed by atoms with Gasteiger partial charge in [0.1, 0.15) is 12.4 Å². The Balaban J connectivity index is 1.63. The van der Waals surface area contributed by atoms with Crippen LogP contribution in [-0.2, 0) is 5.41 Å². The Morgan fingerprint density at radius 3 is 2.73 bits per heavy atom. The van der Waals surface area contributed by atoms with E-state index in [1.54, 1.807) is 12.5 Å². The Morgan fingerprint density at radius 1 is 1.00 bits per heavy atom. The van der Waals surface area contributed by atoms with Crippen molar-refractivity contribution in [1.29, 1.82) is 0 Å². The van der Waals surface area contributed by atoms with Gasteiger partial charge in [0.05, 0.1) is 17.9 Å². The standard InChI is InChI=1S/C21H17NO4/c1-22-10-21(11-24-17-8-19-18(7-15(17)21)25-12-26-19)20-14(3-2-4-16(20)22)13-5-6-23-9-13/h2-9H,10-12H2,1H3/t21-/m1/s1. The molecule has 6 rings (SSSR count). The molecular weight excluding hydrogens is 330 g/mol. The van der Waals surface area contributed by atoms with E-state index in [2.05, 4.69) is 36.2 Å². The molecule has 0 amide bonds. The molecule has 5 heteroatoms. The van der Waals surface area contributed by atoms with Gasteiger partial charge in [0.2, 0.25) is 6.79 Å². The van der Waals surface area contributed by atoms with Gasteiger partial charge in [-0.15, -0.1) is 0 Å². The van der Waals surface area contributed by atoms with Crippen molar-refractivity contribution in [3.05, 3.63) is 60.1 Å². The van der Waals surface area contributed by atoms with E-state index in [1.165, 1.54) is 22.4 Å².